The summed E-state index contributed by atoms with van der Waals surface area (Å²) in [6, 6.07) is 5.21. The molecule has 0 amide bonds. The minimum Gasteiger partial charge on any atom is -0.492 e. The lowest BCUT2D eigenvalue weighted by Gasteiger charge is -2.37. The monoisotopic (exact) mass is 305 g/mol. The Hall–Kier alpha value is -1.59. The second kappa shape index (κ2) is 7.61. The number of carbonyl (C=O) groups excluding carboxylic acids is 1. The fourth-order valence-electron chi connectivity index (χ4n) is 2.86. The van der Waals surface area contributed by atoms with Crippen molar-refractivity contribution in [2.75, 3.05) is 45.1 Å². The van der Waals surface area contributed by atoms with Crippen LogP contribution in [0.5, 0.6) is 5.75 Å². The van der Waals surface area contributed by atoms with Crippen LogP contribution in [-0.2, 0) is 0 Å². The number of hydrogen-bond acceptors (Lipinski definition) is 5. The summed E-state index contributed by atoms with van der Waals surface area (Å²) in [5.41, 5.74) is 7.15. The van der Waals surface area contributed by atoms with Gasteiger partial charge in [-0.25, -0.2) is 0 Å². The van der Waals surface area contributed by atoms with Gasteiger partial charge < -0.3 is 15.4 Å². The molecule has 122 valence electrons. The Kier molecular flexibility index (Phi) is 5.80. The Bertz CT molecular complexity index is 511. The molecular weight excluding hydrogens is 278 g/mol. The van der Waals surface area contributed by atoms with Crippen LogP contribution in [0.2, 0.25) is 0 Å². The number of likely N-dealkylation sites (N-methyl/N-ethyl adjacent to an activating group) is 1. The first-order valence-corrected chi connectivity index (χ1v) is 8.09. The highest BCUT2D eigenvalue weighted by Crippen LogP contribution is 2.24. The van der Waals surface area contributed by atoms with E-state index in [0.717, 1.165) is 32.7 Å². The number of rotatable bonds is 6. The molecule has 2 rings (SSSR count). The van der Waals surface area contributed by atoms with Crippen LogP contribution in [0.15, 0.2) is 18.2 Å². The van der Waals surface area contributed by atoms with Gasteiger partial charge in [-0.3, -0.25) is 9.69 Å². The molecule has 5 heteroatoms. The van der Waals surface area contributed by atoms with Crippen molar-refractivity contribution in [3.05, 3.63) is 23.8 Å². The third-order valence-electron chi connectivity index (χ3n) is 4.38. The van der Waals surface area contributed by atoms with Crippen LogP contribution in [0.1, 0.15) is 31.1 Å². The molecule has 1 heterocycles. The number of nitrogens with zero attached hydrogens (tertiary/aromatic N) is 2. The molecule has 1 fully saturated rings. The molecule has 0 aliphatic carbocycles. The molecule has 0 aromatic heterocycles. The van der Waals surface area contributed by atoms with E-state index in [-0.39, 0.29) is 11.8 Å². The van der Waals surface area contributed by atoms with Crippen molar-refractivity contribution in [1.29, 1.82) is 0 Å². The van der Waals surface area contributed by atoms with Crippen molar-refractivity contribution in [2.24, 2.45) is 0 Å². The highest BCUT2D eigenvalue weighted by Gasteiger charge is 2.26. The molecule has 0 spiro atoms. The Morgan fingerprint density at radius 3 is 2.50 bits per heavy atom. The van der Waals surface area contributed by atoms with Crippen molar-refractivity contribution in [1.82, 2.24) is 9.80 Å². The highest BCUT2D eigenvalue weighted by molar-refractivity contribution is 6.00. The number of Topliss-reactive ketones (excluding diaryl/α,β-unsaturated/α-hetero) is 1. The van der Waals surface area contributed by atoms with E-state index in [1.54, 1.807) is 12.1 Å². The zero-order valence-corrected chi connectivity index (χ0v) is 13.8. The standard InChI is InChI=1S/C17H27N3O2/c1-4-19-8-10-20(11-9-19)13(3)17(21)14-6-7-16(22-5-2)15(18)12-14/h6-7,12-13H,4-5,8-11,18H2,1-3H3. The molecule has 0 radical (unpaired) electrons. The third kappa shape index (κ3) is 3.78. The van der Waals surface area contributed by atoms with Crippen LogP contribution in [-0.4, -0.2) is 61.0 Å². The van der Waals surface area contributed by atoms with E-state index >= 15 is 0 Å². The first-order chi connectivity index (χ1) is 10.6. The fourth-order valence-corrected chi connectivity index (χ4v) is 2.86. The average Bonchev–Trinajstić information content (AvgIpc) is 2.55. The number of carbonyl (C=O) groups is 1. The van der Waals surface area contributed by atoms with Gasteiger partial charge in [-0.15, -0.1) is 0 Å². The summed E-state index contributed by atoms with van der Waals surface area (Å²) in [6.45, 7) is 11.6. The third-order valence-corrected chi connectivity index (χ3v) is 4.38. The number of anilines is 1. The molecule has 1 aliphatic rings. The van der Waals surface area contributed by atoms with E-state index in [1.165, 1.54) is 0 Å². The van der Waals surface area contributed by atoms with Crippen molar-refractivity contribution in [2.45, 2.75) is 26.8 Å². The number of nitrogens with two attached hydrogens (primary N) is 1. The Morgan fingerprint density at radius 1 is 1.27 bits per heavy atom. The summed E-state index contributed by atoms with van der Waals surface area (Å²) in [5, 5.41) is 0. The first kappa shape index (κ1) is 16.8. The summed E-state index contributed by atoms with van der Waals surface area (Å²) in [4.78, 5) is 17.3. The number of ether oxygens (including phenoxy) is 1. The van der Waals surface area contributed by atoms with Gasteiger partial charge in [0.1, 0.15) is 5.75 Å². The number of piperazine rings is 1. The largest absolute Gasteiger partial charge is 0.492 e. The van der Waals surface area contributed by atoms with Crippen LogP contribution in [0.3, 0.4) is 0 Å². The van der Waals surface area contributed by atoms with E-state index in [1.807, 2.05) is 19.9 Å². The topological polar surface area (TPSA) is 58.8 Å². The van der Waals surface area contributed by atoms with Gasteiger partial charge in [-0.2, -0.15) is 0 Å². The summed E-state index contributed by atoms with van der Waals surface area (Å²) >= 11 is 0. The van der Waals surface area contributed by atoms with E-state index in [0.29, 0.717) is 23.6 Å². The van der Waals surface area contributed by atoms with Gasteiger partial charge in [0.05, 0.1) is 18.3 Å². The predicted octanol–water partition coefficient (Wildman–Crippen LogP) is 1.88. The van der Waals surface area contributed by atoms with Crippen LogP contribution < -0.4 is 10.5 Å². The number of benzene rings is 1. The van der Waals surface area contributed by atoms with Crippen LogP contribution in [0.4, 0.5) is 5.69 Å². The maximum absolute atomic E-state index is 12.7. The minimum atomic E-state index is -0.114. The second-order valence-corrected chi connectivity index (χ2v) is 5.70. The molecule has 1 aliphatic heterocycles. The number of ketones is 1. The molecule has 2 N–H and O–H groups in total. The minimum absolute atomic E-state index is 0.114. The van der Waals surface area contributed by atoms with Gasteiger partial charge in [-0.1, -0.05) is 6.92 Å². The lowest BCUT2D eigenvalue weighted by Crippen LogP contribution is -2.51. The summed E-state index contributed by atoms with van der Waals surface area (Å²) in [7, 11) is 0. The molecule has 22 heavy (non-hydrogen) atoms. The van der Waals surface area contributed by atoms with Gasteiger partial charge in [0, 0.05) is 31.7 Å². The zero-order valence-electron chi connectivity index (χ0n) is 13.8. The number of nitrogen functional groups attached to an aromatic ring is 1. The van der Waals surface area contributed by atoms with Gasteiger partial charge in [0.15, 0.2) is 5.78 Å². The smallest absolute Gasteiger partial charge is 0.179 e. The molecule has 1 aromatic carbocycles. The number of hydrogen-bond donors (Lipinski definition) is 1. The SMILES string of the molecule is CCOc1ccc(C(=O)C(C)N2CCN(CC)CC2)cc1N. The Morgan fingerprint density at radius 2 is 1.95 bits per heavy atom. The lowest BCUT2D eigenvalue weighted by atomic mass is 10.0. The second-order valence-electron chi connectivity index (χ2n) is 5.70. The van der Waals surface area contributed by atoms with Gasteiger partial charge >= 0.3 is 0 Å². The molecule has 1 aromatic rings. The van der Waals surface area contributed by atoms with Crippen molar-refractivity contribution < 1.29 is 9.53 Å². The maximum Gasteiger partial charge on any atom is 0.179 e. The lowest BCUT2D eigenvalue weighted by molar-refractivity contribution is 0.0710. The highest BCUT2D eigenvalue weighted by atomic mass is 16.5. The van der Waals surface area contributed by atoms with E-state index in [9.17, 15) is 4.79 Å². The molecular formula is C17H27N3O2. The molecule has 0 saturated carbocycles. The van der Waals surface area contributed by atoms with Crippen LogP contribution in [0, 0.1) is 0 Å². The molecule has 1 saturated heterocycles. The normalized spacial score (nSPS) is 18.1. The molecule has 5 nitrogen and oxygen atoms in total. The Labute approximate surface area is 133 Å². The fraction of sp³-hybridized carbons (Fsp3) is 0.588. The van der Waals surface area contributed by atoms with Crippen molar-refractivity contribution >= 4 is 11.5 Å². The van der Waals surface area contributed by atoms with Crippen molar-refractivity contribution in [3.8, 4) is 5.75 Å². The van der Waals surface area contributed by atoms with Gasteiger partial charge in [-0.05, 0) is 38.6 Å². The van der Waals surface area contributed by atoms with Crippen LogP contribution >= 0.6 is 0 Å². The summed E-state index contributed by atoms with van der Waals surface area (Å²) < 4.78 is 5.42. The van der Waals surface area contributed by atoms with Gasteiger partial charge in [0.25, 0.3) is 0 Å². The van der Waals surface area contributed by atoms with Gasteiger partial charge in [0.2, 0.25) is 0 Å². The molecule has 1 atom stereocenters. The molecule has 0 bridgehead atoms. The molecule has 1 unspecified atom stereocenters. The zero-order chi connectivity index (χ0) is 16.1. The average molecular weight is 305 g/mol. The van der Waals surface area contributed by atoms with Crippen LogP contribution in [0.25, 0.3) is 0 Å². The maximum atomic E-state index is 12.7. The predicted molar refractivity (Wildman–Crippen MR) is 89.5 cm³/mol. The van der Waals surface area contributed by atoms with E-state index < -0.39 is 0 Å². The Balaban J connectivity index is 2.03. The van der Waals surface area contributed by atoms with Crippen molar-refractivity contribution in [3.63, 3.8) is 0 Å². The van der Waals surface area contributed by atoms with E-state index in [2.05, 4.69) is 16.7 Å². The van der Waals surface area contributed by atoms with E-state index in [4.69, 9.17) is 10.5 Å². The summed E-state index contributed by atoms with van der Waals surface area (Å²) in [6.07, 6.45) is 0. The first-order valence-electron chi connectivity index (χ1n) is 8.09. The summed E-state index contributed by atoms with van der Waals surface area (Å²) in [5.74, 6) is 0.767. The quantitative estimate of drug-likeness (QED) is 0.642.